The van der Waals surface area contributed by atoms with E-state index in [9.17, 15) is 9.59 Å². The number of aldehydes is 2. The van der Waals surface area contributed by atoms with Gasteiger partial charge in [-0.25, -0.2) is 0 Å². The molecule has 0 saturated heterocycles. The fraction of sp³-hybridized carbons (Fsp3) is 0.200. The van der Waals surface area contributed by atoms with Crippen molar-refractivity contribution in [1.29, 1.82) is 0 Å². The fourth-order valence-electron chi connectivity index (χ4n) is 1.12. The molecule has 0 aromatic heterocycles. The summed E-state index contributed by atoms with van der Waals surface area (Å²) in [4.78, 5) is 21.7. The first-order valence-corrected chi connectivity index (χ1v) is 4.37. The molecule has 1 aromatic carbocycles. The third-order valence-corrected chi connectivity index (χ3v) is 2.44. The maximum atomic E-state index is 10.6. The van der Waals surface area contributed by atoms with Crippen LogP contribution in [0.3, 0.4) is 0 Å². The van der Waals surface area contributed by atoms with Crippen molar-refractivity contribution in [3.63, 3.8) is 0 Å². The summed E-state index contributed by atoms with van der Waals surface area (Å²) in [5.41, 5.74) is 1.32. The van der Waals surface area contributed by atoms with Gasteiger partial charge in [0.25, 0.3) is 0 Å². The van der Waals surface area contributed by atoms with Crippen LogP contribution in [0.1, 0.15) is 28.8 Å². The first-order chi connectivity index (χ1) is 6.20. The van der Waals surface area contributed by atoms with Crippen LogP contribution in [0.25, 0.3) is 0 Å². The Balaban J connectivity index is 3.22. The largest absolute Gasteiger partial charge is 0.303 e. The van der Waals surface area contributed by atoms with E-state index in [0.29, 0.717) is 10.5 Å². The van der Waals surface area contributed by atoms with Crippen LogP contribution < -0.4 is 0 Å². The molecule has 0 radical (unpaired) electrons. The smallest absolute Gasteiger partial charge is 0.151 e. The van der Waals surface area contributed by atoms with Gasteiger partial charge in [0.1, 0.15) is 6.29 Å². The minimum Gasteiger partial charge on any atom is -0.303 e. The molecular weight excluding hydrogens is 184 g/mol. The number of benzene rings is 1. The quantitative estimate of drug-likeness (QED) is 0.590. The van der Waals surface area contributed by atoms with Crippen molar-refractivity contribution in [1.82, 2.24) is 0 Å². The zero-order valence-corrected chi connectivity index (χ0v) is 8.12. The molecule has 0 spiro atoms. The van der Waals surface area contributed by atoms with Gasteiger partial charge in [-0.3, -0.25) is 4.79 Å². The molecule has 0 aliphatic heterocycles. The lowest BCUT2D eigenvalue weighted by molar-refractivity contribution is -0.108. The molecule has 1 atom stereocenters. The van der Waals surface area contributed by atoms with Gasteiger partial charge in [0.2, 0.25) is 0 Å². The maximum absolute atomic E-state index is 10.6. The van der Waals surface area contributed by atoms with Crippen molar-refractivity contribution >= 4 is 25.2 Å². The highest BCUT2D eigenvalue weighted by Crippen LogP contribution is 2.23. The van der Waals surface area contributed by atoms with Crippen LogP contribution in [0.15, 0.2) is 23.1 Å². The van der Waals surface area contributed by atoms with E-state index in [1.54, 1.807) is 25.1 Å². The highest BCUT2D eigenvalue weighted by atomic mass is 32.1. The average Bonchev–Trinajstić information content (AvgIpc) is 2.17. The van der Waals surface area contributed by atoms with E-state index in [-0.39, 0.29) is 5.92 Å². The van der Waals surface area contributed by atoms with Gasteiger partial charge >= 0.3 is 0 Å². The third-order valence-electron chi connectivity index (χ3n) is 1.92. The standard InChI is InChI=1S/C10H10O2S/c1-7(5-11)9-4-2-3-8(6-12)10(9)13/h2-7,13H,1H3. The molecule has 68 valence electrons. The van der Waals surface area contributed by atoms with E-state index in [1.165, 1.54) is 0 Å². The first kappa shape index (κ1) is 9.99. The Bertz CT molecular complexity index is 334. The zero-order valence-electron chi connectivity index (χ0n) is 7.23. The second kappa shape index (κ2) is 4.23. The van der Waals surface area contributed by atoms with Crippen LogP contribution in [0, 0.1) is 0 Å². The number of carbonyl (C=O) groups excluding carboxylic acids is 2. The van der Waals surface area contributed by atoms with Crippen LogP contribution >= 0.6 is 12.6 Å². The molecule has 0 saturated carbocycles. The molecule has 1 unspecified atom stereocenters. The second-order valence-electron chi connectivity index (χ2n) is 2.83. The Hall–Kier alpha value is -1.09. The van der Waals surface area contributed by atoms with Crippen molar-refractivity contribution in [2.75, 3.05) is 0 Å². The molecule has 0 aliphatic rings. The second-order valence-corrected chi connectivity index (χ2v) is 3.27. The van der Waals surface area contributed by atoms with Crippen molar-refractivity contribution in [3.05, 3.63) is 29.3 Å². The molecule has 0 aliphatic carbocycles. The van der Waals surface area contributed by atoms with Gasteiger partial charge in [0.15, 0.2) is 6.29 Å². The summed E-state index contributed by atoms with van der Waals surface area (Å²) in [6, 6.07) is 5.23. The Kier molecular flexibility index (Phi) is 3.25. The van der Waals surface area contributed by atoms with E-state index < -0.39 is 0 Å². The van der Waals surface area contributed by atoms with Gasteiger partial charge in [-0.1, -0.05) is 25.1 Å². The Morgan fingerprint density at radius 1 is 1.38 bits per heavy atom. The number of hydrogen-bond acceptors (Lipinski definition) is 3. The number of rotatable bonds is 3. The van der Waals surface area contributed by atoms with E-state index in [1.807, 2.05) is 0 Å². The summed E-state index contributed by atoms with van der Waals surface area (Å²) in [5, 5.41) is 0. The molecule has 2 nitrogen and oxygen atoms in total. The number of carbonyl (C=O) groups is 2. The highest BCUT2D eigenvalue weighted by Gasteiger charge is 2.09. The predicted molar refractivity (Wildman–Crippen MR) is 53.6 cm³/mol. The molecule has 3 heteroatoms. The lowest BCUT2D eigenvalue weighted by atomic mass is 10.0. The van der Waals surface area contributed by atoms with E-state index >= 15 is 0 Å². The maximum Gasteiger partial charge on any atom is 0.151 e. The van der Waals surface area contributed by atoms with Crippen molar-refractivity contribution < 1.29 is 9.59 Å². The highest BCUT2D eigenvalue weighted by molar-refractivity contribution is 7.80. The van der Waals surface area contributed by atoms with Crippen LogP contribution in [0.2, 0.25) is 0 Å². The summed E-state index contributed by atoms with van der Waals surface area (Å²) in [6.07, 6.45) is 1.58. The molecule has 0 N–H and O–H groups in total. The SMILES string of the molecule is CC(C=O)c1cccc(C=O)c1S. The van der Waals surface area contributed by atoms with Crippen molar-refractivity contribution in [3.8, 4) is 0 Å². The molecular formula is C10H10O2S. The third kappa shape index (κ3) is 1.98. The number of hydrogen-bond donors (Lipinski definition) is 1. The summed E-state index contributed by atoms with van der Waals surface area (Å²) in [5.74, 6) is -0.215. The van der Waals surface area contributed by atoms with Gasteiger partial charge in [0, 0.05) is 16.4 Å². The number of thiol groups is 1. The van der Waals surface area contributed by atoms with E-state index in [2.05, 4.69) is 12.6 Å². The Morgan fingerprint density at radius 3 is 2.62 bits per heavy atom. The van der Waals surface area contributed by atoms with Gasteiger partial charge < -0.3 is 4.79 Å². The minimum atomic E-state index is -0.215. The molecule has 13 heavy (non-hydrogen) atoms. The Morgan fingerprint density at radius 2 is 2.08 bits per heavy atom. The van der Waals surface area contributed by atoms with Gasteiger partial charge in [0.05, 0.1) is 0 Å². The first-order valence-electron chi connectivity index (χ1n) is 3.93. The van der Waals surface area contributed by atoms with Crippen LogP contribution in [-0.2, 0) is 4.79 Å². The molecule has 1 aromatic rings. The molecule has 0 bridgehead atoms. The molecule has 0 heterocycles. The summed E-state index contributed by atoms with van der Waals surface area (Å²) in [6.45, 7) is 1.77. The summed E-state index contributed by atoms with van der Waals surface area (Å²) in [7, 11) is 0. The van der Waals surface area contributed by atoms with E-state index in [4.69, 9.17) is 0 Å². The Labute approximate surface area is 82.4 Å². The molecule has 0 fully saturated rings. The van der Waals surface area contributed by atoms with Crippen LogP contribution in [0.5, 0.6) is 0 Å². The topological polar surface area (TPSA) is 34.1 Å². The van der Waals surface area contributed by atoms with Crippen molar-refractivity contribution in [2.45, 2.75) is 17.7 Å². The zero-order chi connectivity index (χ0) is 9.84. The van der Waals surface area contributed by atoms with Crippen molar-refractivity contribution in [2.24, 2.45) is 0 Å². The summed E-state index contributed by atoms with van der Waals surface area (Å²) >= 11 is 4.19. The lowest BCUT2D eigenvalue weighted by Crippen LogP contribution is -1.98. The lowest BCUT2D eigenvalue weighted by Gasteiger charge is -2.08. The van der Waals surface area contributed by atoms with Gasteiger partial charge in [-0.15, -0.1) is 12.6 Å². The normalized spacial score (nSPS) is 12.2. The molecule has 1 rings (SSSR count). The monoisotopic (exact) mass is 194 g/mol. The summed E-state index contributed by atoms with van der Waals surface area (Å²) < 4.78 is 0. The van der Waals surface area contributed by atoms with E-state index in [0.717, 1.165) is 18.1 Å². The predicted octanol–water partition coefficient (Wildman–Crippen LogP) is 2.09. The van der Waals surface area contributed by atoms with Gasteiger partial charge in [-0.2, -0.15) is 0 Å². The van der Waals surface area contributed by atoms with Crippen LogP contribution in [0.4, 0.5) is 0 Å². The minimum absolute atomic E-state index is 0.215. The average molecular weight is 194 g/mol. The fourth-order valence-corrected chi connectivity index (χ4v) is 1.52. The van der Waals surface area contributed by atoms with Crippen LogP contribution in [-0.4, -0.2) is 12.6 Å². The van der Waals surface area contributed by atoms with Gasteiger partial charge in [-0.05, 0) is 5.56 Å². The molecule has 0 amide bonds.